The molecule has 0 unspecified atom stereocenters. The second-order valence-electron chi connectivity index (χ2n) is 5.29. The van der Waals surface area contributed by atoms with Gasteiger partial charge in [-0.2, -0.15) is 0 Å². The fraction of sp³-hybridized carbons (Fsp3) is 0.188. The fourth-order valence-electron chi connectivity index (χ4n) is 2.18. The van der Waals surface area contributed by atoms with E-state index >= 15 is 0 Å². The minimum atomic E-state index is -0.565. The molecule has 1 aliphatic rings. The van der Waals surface area contributed by atoms with E-state index in [1.54, 1.807) is 31.2 Å². The maximum Gasteiger partial charge on any atom is 0.287 e. The van der Waals surface area contributed by atoms with Crippen LogP contribution in [0.4, 0.5) is 11.4 Å². The maximum absolute atomic E-state index is 12.0. The molecule has 3 amide bonds. The molecule has 9 heteroatoms. The Bertz CT molecular complexity index is 848. The quantitative estimate of drug-likeness (QED) is 0.718. The van der Waals surface area contributed by atoms with Crippen LogP contribution in [0.1, 0.15) is 17.5 Å². The minimum Gasteiger partial charge on any atom is -0.479 e. The van der Waals surface area contributed by atoms with E-state index in [1.165, 1.54) is 6.07 Å². The lowest BCUT2D eigenvalue weighted by molar-refractivity contribution is -0.122. The number of benzene rings is 1. The van der Waals surface area contributed by atoms with Crippen LogP contribution in [0.15, 0.2) is 39.4 Å². The molecule has 1 aromatic heterocycles. The Kier molecular flexibility index (Phi) is 4.75. The molecule has 8 nitrogen and oxygen atoms in total. The molecular weight excluding hydrogens is 394 g/mol. The smallest absolute Gasteiger partial charge is 0.287 e. The number of anilines is 2. The second-order valence-corrected chi connectivity index (χ2v) is 6.08. The van der Waals surface area contributed by atoms with Crippen LogP contribution in [-0.2, 0) is 9.59 Å². The van der Waals surface area contributed by atoms with Gasteiger partial charge < -0.3 is 25.1 Å². The summed E-state index contributed by atoms with van der Waals surface area (Å²) in [5, 5.41) is 7.77. The molecule has 2 heterocycles. The average molecular weight is 408 g/mol. The maximum atomic E-state index is 12.0. The van der Waals surface area contributed by atoms with Crippen LogP contribution in [-0.4, -0.2) is 30.4 Å². The predicted molar refractivity (Wildman–Crippen MR) is 92.5 cm³/mol. The third-order valence-electron chi connectivity index (χ3n) is 3.40. The Morgan fingerprint density at radius 1 is 1.28 bits per heavy atom. The number of fused-ring (bicyclic) bond motifs is 1. The summed E-state index contributed by atoms with van der Waals surface area (Å²) in [7, 11) is 0. The number of hydrogen-bond donors (Lipinski definition) is 3. The van der Waals surface area contributed by atoms with E-state index in [1.807, 2.05) is 0 Å². The fourth-order valence-corrected chi connectivity index (χ4v) is 2.48. The topological polar surface area (TPSA) is 110 Å². The standard InChI is InChI=1S/C16H14BrN3O5/c1-8-15(22)20-10-6-9(2-3-11(10)24-8)19-14(21)7-18-16(23)12-4-5-13(17)25-12/h2-6,8H,7H2,1H3,(H,18,23)(H,19,21)(H,20,22)/t8-/m0/s1. The van der Waals surface area contributed by atoms with Gasteiger partial charge in [-0.3, -0.25) is 14.4 Å². The lowest BCUT2D eigenvalue weighted by atomic mass is 10.2. The Labute approximate surface area is 151 Å². The summed E-state index contributed by atoms with van der Waals surface area (Å²) >= 11 is 3.10. The molecule has 3 N–H and O–H groups in total. The SMILES string of the molecule is C[C@@H]1Oc2ccc(NC(=O)CNC(=O)c3ccc(Br)o3)cc2NC1=O. The van der Waals surface area contributed by atoms with Crippen LogP contribution in [0, 0.1) is 0 Å². The van der Waals surface area contributed by atoms with Crippen LogP contribution in [0.3, 0.4) is 0 Å². The largest absolute Gasteiger partial charge is 0.479 e. The zero-order valence-electron chi connectivity index (χ0n) is 13.1. The monoisotopic (exact) mass is 407 g/mol. The highest BCUT2D eigenvalue weighted by Crippen LogP contribution is 2.32. The number of halogens is 1. The number of amides is 3. The van der Waals surface area contributed by atoms with E-state index in [0.29, 0.717) is 21.8 Å². The lowest BCUT2D eigenvalue weighted by Crippen LogP contribution is -2.34. The van der Waals surface area contributed by atoms with Crippen molar-refractivity contribution in [2.24, 2.45) is 0 Å². The number of carbonyl (C=O) groups is 3. The molecule has 0 saturated carbocycles. The first kappa shape index (κ1) is 17.0. The van der Waals surface area contributed by atoms with Crippen LogP contribution in [0.25, 0.3) is 0 Å². The average Bonchev–Trinajstić information content (AvgIpc) is 3.00. The Morgan fingerprint density at radius 2 is 2.08 bits per heavy atom. The zero-order valence-corrected chi connectivity index (χ0v) is 14.7. The minimum absolute atomic E-state index is 0.0995. The van der Waals surface area contributed by atoms with Crippen molar-refractivity contribution >= 4 is 45.0 Å². The normalized spacial score (nSPS) is 15.6. The Morgan fingerprint density at radius 3 is 2.80 bits per heavy atom. The molecule has 1 aromatic carbocycles. The van der Waals surface area contributed by atoms with E-state index in [0.717, 1.165) is 0 Å². The van der Waals surface area contributed by atoms with Gasteiger partial charge in [-0.1, -0.05) is 0 Å². The first-order valence-electron chi connectivity index (χ1n) is 7.37. The summed E-state index contributed by atoms with van der Waals surface area (Å²) in [6.07, 6.45) is -0.565. The van der Waals surface area contributed by atoms with Gasteiger partial charge in [0, 0.05) is 5.69 Å². The molecule has 0 saturated heterocycles. The summed E-state index contributed by atoms with van der Waals surface area (Å²) in [4.78, 5) is 35.4. The molecule has 2 aromatic rings. The van der Waals surface area contributed by atoms with Crippen LogP contribution >= 0.6 is 15.9 Å². The summed E-state index contributed by atoms with van der Waals surface area (Å²) in [6, 6.07) is 7.96. The number of carbonyl (C=O) groups excluding carboxylic acids is 3. The van der Waals surface area contributed by atoms with Crippen molar-refractivity contribution in [2.45, 2.75) is 13.0 Å². The van der Waals surface area contributed by atoms with E-state index in [9.17, 15) is 14.4 Å². The third kappa shape index (κ3) is 4.00. The first-order valence-corrected chi connectivity index (χ1v) is 8.16. The first-order chi connectivity index (χ1) is 11.9. The van der Waals surface area contributed by atoms with Gasteiger partial charge >= 0.3 is 0 Å². The van der Waals surface area contributed by atoms with Crippen molar-refractivity contribution in [3.63, 3.8) is 0 Å². The molecular formula is C16H14BrN3O5. The van der Waals surface area contributed by atoms with Gasteiger partial charge in [0.25, 0.3) is 11.8 Å². The van der Waals surface area contributed by atoms with Gasteiger partial charge in [0.15, 0.2) is 16.5 Å². The van der Waals surface area contributed by atoms with Crippen LogP contribution in [0.5, 0.6) is 5.75 Å². The van der Waals surface area contributed by atoms with Crippen molar-refractivity contribution in [2.75, 3.05) is 17.2 Å². The van der Waals surface area contributed by atoms with Crippen molar-refractivity contribution < 1.29 is 23.5 Å². The Hall–Kier alpha value is -2.81. The molecule has 130 valence electrons. The number of furan rings is 1. The van der Waals surface area contributed by atoms with Gasteiger partial charge in [0.05, 0.1) is 12.2 Å². The molecule has 0 bridgehead atoms. The number of nitrogens with one attached hydrogen (secondary N) is 3. The van der Waals surface area contributed by atoms with Crippen molar-refractivity contribution in [3.05, 3.63) is 40.8 Å². The highest BCUT2D eigenvalue weighted by molar-refractivity contribution is 9.10. The van der Waals surface area contributed by atoms with E-state index in [2.05, 4.69) is 31.9 Å². The van der Waals surface area contributed by atoms with Crippen molar-refractivity contribution in [1.82, 2.24) is 5.32 Å². The molecule has 3 rings (SSSR count). The lowest BCUT2D eigenvalue weighted by Gasteiger charge is -2.23. The molecule has 1 aliphatic heterocycles. The van der Waals surface area contributed by atoms with Crippen LogP contribution in [0.2, 0.25) is 0 Å². The molecule has 0 radical (unpaired) electrons. The second kappa shape index (κ2) is 6.98. The van der Waals surface area contributed by atoms with Gasteiger partial charge in [-0.15, -0.1) is 0 Å². The van der Waals surface area contributed by atoms with Crippen molar-refractivity contribution in [1.29, 1.82) is 0 Å². The highest BCUT2D eigenvalue weighted by atomic mass is 79.9. The number of ether oxygens (including phenoxy) is 1. The Balaban J connectivity index is 1.57. The van der Waals surface area contributed by atoms with E-state index in [4.69, 9.17) is 9.15 Å². The van der Waals surface area contributed by atoms with Gasteiger partial charge in [0.1, 0.15) is 5.75 Å². The predicted octanol–water partition coefficient (Wildman–Crippen LogP) is 2.13. The van der Waals surface area contributed by atoms with Gasteiger partial charge in [0.2, 0.25) is 5.91 Å². The highest BCUT2D eigenvalue weighted by Gasteiger charge is 2.23. The molecule has 0 spiro atoms. The summed E-state index contributed by atoms with van der Waals surface area (Å²) in [6.45, 7) is 1.42. The molecule has 0 fully saturated rings. The number of rotatable bonds is 4. The van der Waals surface area contributed by atoms with Gasteiger partial charge in [-0.25, -0.2) is 0 Å². The van der Waals surface area contributed by atoms with E-state index in [-0.39, 0.29) is 18.2 Å². The van der Waals surface area contributed by atoms with Crippen molar-refractivity contribution in [3.8, 4) is 5.75 Å². The molecule has 0 aliphatic carbocycles. The molecule has 1 atom stereocenters. The number of hydrogen-bond acceptors (Lipinski definition) is 5. The van der Waals surface area contributed by atoms with Gasteiger partial charge in [-0.05, 0) is 53.2 Å². The van der Waals surface area contributed by atoms with E-state index < -0.39 is 17.9 Å². The summed E-state index contributed by atoms with van der Waals surface area (Å²) in [5.41, 5.74) is 0.947. The third-order valence-corrected chi connectivity index (χ3v) is 3.83. The van der Waals surface area contributed by atoms with Crippen LogP contribution < -0.4 is 20.7 Å². The summed E-state index contributed by atoms with van der Waals surface area (Å²) in [5.74, 6) is -0.548. The molecule has 25 heavy (non-hydrogen) atoms. The zero-order chi connectivity index (χ0) is 18.0. The summed E-state index contributed by atoms with van der Waals surface area (Å²) < 4.78 is 11.0.